The Kier molecular flexibility index (Phi) is 4.32. The number of halogens is 1. The topological polar surface area (TPSA) is 55.1 Å². The molecule has 0 saturated heterocycles. The lowest BCUT2D eigenvalue weighted by Crippen LogP contribution is -2.47. The van der Waals surface area contributed by atoms with E-state index in [0.29, 0.717) is 5.56 Å². The molecule has 2 aromatic rings. The Balaban J connectivity index is 1.77. The minimum absolute atomic E-state index is 0.0481. The zero-order valence-corrected chi connectivity index (χ0v) is 13.9. The Morgan fingerprint density at radius 2 is 1.95 bits per heavy atom. The summed E-state index contributed by atoms with van der Waals surface area (Å²) >= 11 is 3.55. The van der Waals surface area contributed by atoms with Gasteiger partial charge in [0, 0.05) is 22.1 Å². The molecule has 0 bridgehead atoms. The molecule has 1 saturated carbocycles. The number of carbonyl (C=O) groups excluding carboxylic acids is 1. The van der Waals surface area contributed by atoms with Gasteiger partial charge >= 0.3 is 0 Å². The van der Waals surface area contributed by atoms with Gasteiger partial charge in [0.2, 0.25) is 5.91 Å². The lowest BCUT2D eigenvalue weighted by Gasteiger charge is -2.43. The van der Waals surface area contributed by atoms with Gasteiger partial charge in [0.25, 0.3) is 0 Å². The van der Waals surface area contributed by atoms with Crippen molar-refractivity contribution in [2.75, 3.05) is 0 Å². The van der Waals surface area contributed by atoms with Crippen LogP contribution in [0.2, 0.25) is 0 Å². The van der Waals surface area contributed by atoms with E-state index in [9.17, 15) is 4.79 Å². The number of benzene rings is 2. The highest BCUT2D eigenvalue weighted by atomic mass is 79.9. The Labute approximate surface area is 139 Å². The van der Waals surface area contributed by atoms with Crippen LogP contribution >= 0.6 is 15.9 Å². The van der Waals surface area contributed by atoms with E-state index in [1.807, 2.05) is 24.3 Å². The first-order chi connectivity index (χ1) is 10.6. The molecule has 3 nitrogen and oxygen atoms in total. The van der Waals surface area contributed by atoms with Crippen molar-refractivity contribution < 1.29 is 4.79 Å². The second-order valence-electron chi connectivity index (χ2n) is 5.86. The van der Waals surface area contributed by atoms with E-state index in [0.717, 1.165) is 29.4 Å². The summed E-state index contributed by atoms with van der Waals surface area (Å²) in [6.07, 6.45) is 3.51. The number of hydrogen-bond acceptors (Lipinski definition) is 2. The van der Waals surface area contributed by atoms with Crippen LogP contribution in [0.25, 0.3) is 0 Å². The van der Waals surface area contributed by atoms with Crippen LogP contribution < -0.4 is 11.1 Å². The highest BCUT2D eigenvalue weighted by Gasteiger charge is 2.38. The van der Waals surface area contributed by atoms with Gasteiger partial charge in [-0.25, -0.2) is 0 Å². The van der Waals surface area contributed by atoms with E-state index in [-0.39, 0.29) is 11.4 Å². The summed E-state index contributed by atoms with van der Waals surface area (Å²) < 4.78 is 1.11. The zero-order chi connectivity index (χ0) is 15.6. The summed E-state index contributed by atoms with van der Waals surface area (Å²) in [4.78, 5) is 11.3. The normalized spacial score (nSPS) is 16.0. The molecule has 114 valence electrons. The molecular formula is C18H19BrN2O. The molecule has 0 aliphatic heterocycles. The second kappa shape index (κ2) is 6.23. The van der Waals surface area contributed by atoms with Crippen molar-refractivity contribution in [1.82, 2.24) is 5.32 Å². The van der Waals surface area contributed by atoms with Crippen molar-refractivity contribution in [2.45, 2.75) is 31.3 Å². The van der Waals surface area contributed by atoms with E-state index in [1.165, 1.54) is 12.0 Å². The summed E-state index contributed by atoms with van der Waals surface area (Å²) in [5.74, 6) is -0.382. The number of amides is 1. The smallest absolute Gasteiger partial charge is 0.248 e. The zero-order valence-electron chi connectivity index (χ0n) is 12.3. The summed E-state index contributed by atoms with van der Waals surface area (Å²) in [7, 11) is 0. The fraction of sp³-hybridized carbons (Fsp3) is 0.278. The van der Waals surface area contributed by atoms with Crippen LogP contribution in [0.3, 0.4) is 0 Å². The standard InChI is InChI=1S/C18H19BrN2O/c19-16-7-2-6-15(11-16)18(8-3-9-18)21-12-13-4-1-5-14(10-13)17(20)22/h1-2,4-7,10-11,21H,3,8-9,12H2,(H2,20,22). The van der Waals surface area contributed by atoms with Crippen molar-refractivity contribution in [1.29, 1.82) is 0 Å². The molecule has 0 aromatic heterocycles. The number of primary amides is 1. The third-order valence-corrected chi connectivity index (χ3v) is 4.92. The van der Waals surface area contributed by atoms with Crippen LogP contribution in [-0.2, 0) is 12.1 Å². The number of nitrogens with two attached hydrogens (primary N) is 1. The minimum atomic E-state index is -0.382. The van der Waals surface area contributed by atoms with Crippen LogP contribution in [0.15, 0.2) is 53.0 Å². The van der Waals surface area contributed by atoms with Crippen molar-refractivity contribution in [3.63, 3.8) is 0 Å². The number of rotatable bonds is 5. The molecule has 0 heterocycles. The number of nitrogens with one attached hydrogen (secondary N) is 1. The first-order valence-electron chi connectivity index (χ1n) is 7.49. The molecule has 2 aromatic carbocycles. The third-order valence-electron chi connectivity index (χ3n) is 4.43. The Bertz CT molecular complexity index is 695. The van der Waals surface area contributed by atoms with Crippen LogP contribution in [0.4, 0.5) is 0 Å². The van der Waals surface area contributed by atoms with Crippen molar-refractivity contribution in [2.24, 2.45) is 5.73 Å². The first-order valence-corrected chi connectivity index (χ1v) is 8.28. The minimum Gasteiger partial charge on any atom is -0.366 e. The molecule has 1 aliphatic carbocycles. The van der Waals surface area contributed by atoms with E-state index >= 15 is 0 Å². The molecule has 1 fully saturated rings. The van der Waals surface area contributed by atoms with Crippen LogP contribution in [-0.4, -0.2) is 5.91 Å². The third kappa shape index (κ3) is 3.08. The molecule has 1 amide bonds. The lowest BCUT2D eigenvalue weighted by molar-refractivity contribution is 0.1000. The van der Waals surface area contributed by atoms with Gasteiger partial charge in [-0.3, -0.25) is 4.79 Å². The second-order valence-corrected chi connectivity index (χ2v) is 6.78. The maximum atomic E-state index is 11.3. The fourth-order valence-corrected chi connectivity index (χ4v) is 3.39. The average molecular weight is 359 g/mol. The predicted molar refractivity (Wildman–Crippen MR) is 91.5 cm³/mol. The van der Waals surface area contributed by atoms with Crippen molar-refractivity contribution >= 4 is 21.8 Å². The van der Waals surface area contributed by atoms with E-state index in [2.05, 4.69) is 39.4 Å². The molecule has 0 radical (unpaired) electrons. The summed E-state index contributed by atoms with van der Waals surface area (Å²) in [5.41, 5.74) is 8.35. The van der Waals surface area contributed by atoms with Gasteiger partial charge in [-0.1, -0.05) is 40.2 Å². The van der Waals surface area contributed by atoms with E-state index in [1.54, 1.807) is 6.07 Å². The fourth-order valence-electron chi connectivity index (χ4n) is 2.99. The summed E-state index contributed by atoms with van der Waals surface area (Å²) in [6.45, 7) is 0.730. The highest BCUT2D eigenvalue weighted by Crippen LogP contribution is 2.42. The number of carbonyl (C=O) groups is 1. The van der Waals surface area contributed by atoms with Crippen molar-refractivity contribution in [3.05, 3.63) is 69.7 Å². The molecule has 0 spiro atoms. The van der Waals surface area contributed by atoms with Gasteiger partial charge in [0.1, 0.15) is 0 Å². The van der Waals surface area contributed by atoms with Crippen LogP contribution in [0.1, 0.15) is 40.7 Å². The van der Waals surface area contributed by atoms with Crippen LogP contribution in [0.5, 0.6) is 0 Å². The predicted octanol–water partition coefficient (Wildman–Crippen LogP) is 3.72. The molecule has 1 aliphatic rings. The molecule has 3 N–H and O–H groups in total. The molecular weight excluding hydrogens is 340 g/mol. The quantitative estimate of drug-likeness (QED) is 0.855. The maximum absolute atomic E-state index is 11.3. The van der Waals surface area contributed by atoms with Gasteiger partial charge in [0.15, 0.2) is 0 Å². The SMILES string of the molecule is NC(=O)c1cccc(CNC2(c3cccc(Br)c3)CCC2)c1. The largest absolute Gasteiger partial charge is 0.366 e. The highest BCUT2D eigenvalue weighted by molar-refractivity contribution is 9.10. The Hall–Kier alpha value is -1.65. The lowest BCUT2D eigenvalue weighted by atomic mass is 9.71. The maximum Gasteiger partial charge on any atom is 0.248 e. The monoisotopic (exact) mass is 358 g/mol. The number of hydrogen-bond donors (Lipinski definition) is 2. The van der Waals surface area contributed by atoms with E-state index < -0.39 is 0 Å². The molecule has 0 atom stereocenters. The van der Waals surface area contributed by atoms with Gasteiger partial charge in [-0.05, 0) is 54.7 Å². The molecule has 4 heteroatoms. The average Bonchev–Trinajstić information content (AvgIpc) is 2.46. The Morgan fingerprint density at radius 1 is 1.18 bits per heavy atom. The molecule has 3 rings (SSSR count). The van der Waals surface area contributed by atoms with Crippen LogP contribution in [0, 0.1) is 0 Å². The first kappa shape index (κ1) is 15.3. The van der Waals surface area contributed by atoms with E-state index in [4.69, 9.17) is 5.73 Å². The van der Waals surface area contributed by atoms with Gasteiger partial charge in [-0.2, -0.15) is 0 Å². The van der Waals surface area contributed by atoms with Crippen molar-refractivity contribution in [3.8, 4) is 0 Å². The molecule has 22 heavy (non-hydrogen) atoms. The van der Waals surface area contributed by atoms with Gasteiger partial charge in [0.05, 0.1) is 0 Å². The summed E-state index contributed by atoms with van der Waals surface area (Å²) in [5, 5.41) is 3.69. The van der Waals surface area contributed by atoms with Gasteiger partial charge in [-0.15, -0.1) is 0 Å². The Morgan fingerprint density at radius 3 is 2.59 bits per heavy atom. The van der Waals surface area contributed by atoms with Gasteiger partial charge < -0.3 is 11.1 Å². The molecule has 0 unspecified atom stereocenters. The summed E-state index contributed by atoms with van der Waals surface area (Å²) in [6, 6.07) is 16.0.